The molecule has 0 aliphatic rings. The molecule has 2 aromatic rings. The van der Waals surface area contributed by atoms with Crippen molar-refractivity contribution in [1.82, 2.24) is 0 Å². The molecule has 0 aliphatic carbocycles. The van der Waals surface area contributed by atoms with E-state index in [1.807, 2.05) is 31.2 Å². The molecular weight excluding hydrogens is 228 g/mol. The Hall–Kier alpha value is -2.29. The second-order valence-electron chi connectivity index (χ2n) is 4.04. The number of hydrogen-bond acceptors (Lipinski definition) is 2. The molecular formula is C15H14O3. The minimum Gasteiger partial charge on any atom is -0.496 e. The SMILES string of the molecule is COc1cc(C(=O)O)ccc1-c1ccccc1C. The Morgan fingerprint density at radius 3 is 2.44 bits per heavy atom. The van der Waals surface area contributed by atoms with Gasteiger partial charge in [-0.25, -0.2) is 4.79 Å². The zero-order valence-electron chi connectivity index (χ0n) is 10.3. The predicted molar refractivity (Wildman–Crippen MR) is 70.1 cm³/mol. The van der Waals surface area contributed by atoms with Gasteiger partial charge >= 0.3 is 5.97 Å². The highest BCUT2D eigenvalue weighted by molar-refractivity contribution is 5.90. The topological polar surface area (TPSA) is 46.5 Å². The van der Waals surface area contributed by atoms with E-state index in [2.05, 4.69) is 0 Å². The van der Waals surface area contributed by atoms with Gasteiger partial charge in [0, 0.05) is 5.56 Å². The van der Waals surface area contributed by atoms with Crippen molar-refractivity contribution in [2.75, 3.05) is 7.11 Å². The molecule has 0 saturated carbocycles. The van der Waals surface area contributed by atoms with Crippen LogP contribution in [0.2, 0.25) is 0 Å². The lowest BCUT2D eigenvalue weighted by molar-refractivity contribution is 0.0696. The van der Waals surface area contributed by atoms with Crippen LogP contribution in [-0.2, 0) is 0 Å². The maximum atomic E-state index is 10.9. The number of carboxylic acids is 1. The van der Waals surface area contributed by atoms with Crippen molar-refractivity contribution >= 4 is 5.97 Å². The monoisotopic (exact) mass is 242 g/mol. The maximum absolute atomic E-state index is 10.9. The lowest BCUT2D eigenvalue weighted by Gasteiger charge is -2.11. The van der Waals surface area contributed by atoms with Gasteiger partial charge in [0.2, 0.25) is 0 Å². The molecule has 0 bridgehead atoms. The standard InChI is InChI=1S/C15H14O3/c1-10-5-3-4-6-12(10)13-8-7-11(15(16)17)9-14(13)18-2/h3-9H,1-2H3,(H,16,17). The largest absolute Gasteiger partial charge is 0.496 e. The molecule has 0 spiro atoms. The predicted octanol–water partition coefficient (Wildman–Crippen LogP) is 3.37. The van der Waals surface area contributed by atoms with Crippen molar-refractivity contribution in [2.24, 2.45) is 0 Å². The quantitative estimate of drug-likeness (QED) is 0.897. The Labute approximate surface area is 106 Å². The molecule has 1 N–H and O–H groups in total. The molecule has 3 heteroatoms. The van der Waals surface area contributed by atoms with Crippen LogP contribution >= 0.6 is 0 Å². The lowest BCUT2D eigenvalue weighted by Crippen LogP contribution is -1.98. The summed E-state index contributed by atoms with van der Waals surface area (Å²) >= 11 is 0. The first-order chi connectivity index (χ1) is 8.63. The van der Waals surface area contributed by atoms with Crippen molar-refractivity contribution < 1.29 is 14.6 Å². The summed E-state index contributed by atoms with van der Waals surface area (Å²) in [5.41, 5.74) is 3.30. The van der Waals surface area contributed by atoms with E-state index in [0.29, 0.717) is 5.75 Å². The minimum atomic E-state index is -0.954. The van der Waals surface area contributed by atoms with Gasteiger partial charge in [-0.3, -0.25) is 0 Å². The first-order valence-electron chi connectivity index (χ1n) is 5.61. The molecule has 0 aromatic heterocycles. The zero-order valence-corrected chi connectivity index (χ0v) is 10.3. The van der Waals surface area contributed by atoms with Gasteiger partial charge in [-0.05, 0) is 36.2 Å². The second kappa shape index (κ2) is 4.92. The van der Waals surface area contributed by atoms with E-state index in [1.54, 1.807) is 25.3 Å². The fourth-order valence-electron chi connectivity index (χ4n) is 1.92. The van der Waals surface area contributed by atoms with E-state index in [4.69, 9.17) is 9.84 Å². The number of aryl methyl sites for hydroxylation is 1. The number of carbonyl (C=O) groups is 1. The summed E-state index contributed by atoms with van der Waals surface area (Å²) in [4.78, 5) is 10.9. The van der Waals surface area contributed by atoms with Gasteiger partial charge in [0.05, 0.1) is 12.7 Å². The van der Waals surface area contributed by atoms with E-state index in [1.165, 1.54) is 0 Å². The summed E-state index contributed by atoms with van der Waals surface area (Å²) in [7, 11) is 1.54. The van der Waals surface area contributed by atoms with E-state index in [9.17, 15) is 4.79 Å². The van der Waals surface area contributed by atoms with Crippen LogP contribution in [-0.4, -0.2) is 18.2 Å². The van der Waals surface area contributed by atoms with Crippen LogP contribution in [0.25, 0.3) is 11.1 Å². The molecule has 0 radical (unpaired) electrons. The highest BCUT2D eigenvalue weighted by Gasteiger charge is 2.11. The van der Waals surface area contributed by atoms with Crippen LogP contribution in [0.15, 0.2) is 42.5 Å². The van der Waals surface area contributed by atoms with E-state index >= 15 is 0 Å². The number of methoxy groups -OCH3 is 1. The molecule has 2 rings (SSSR count). The summed E-state index contributed by atoms with van der Waals surface area (Å²) in [6.45, 7) is 2.01. The van der Waals surface area contributed by atoms with Gasteiger partial charge in [0.15, 0.2) is 0 Å². The highest BCUT2D eigenvalue weighted by Crippen LogP contribution is 2.32. The smallest absolute Gasteiger partial charge is 0.335 e. The Morgan fingerprint density at radius 2 is 1.83 bits per heavy atom. The number of benzene rings is 2. The summed E-state index contributed by atoms with van der Waals surface area (Å²) in [5.74, 6) is -0.381. The Balaban J connectivity index is 2.58. The third-order valence-corrected chi connectivity index (χ3v) is 2.88. The van der Waals surface area contributed by atoms with Gasteiger partial charge in [0.25, 0.3) is 0 Å². The van der Waals surface area contributed by atoms with Crippen molar-refractivity contribution in [3.63, 3.8) is 0 Å². The number of ether oxygens (including phenoxy) is 1. The zero-order chi connectivity index (χ0) is 13.1. The van der Waals surface area contributed by atoms with Crippen molar-refractivity contribution in [3.05, 3.63) is 53.6 Å². The van der Waals surface area contributed by atoms with Crippen LogP contribution in [0.3, 0.4) is 0 Å². The lowest BCUT2D eigenvalue weighted by atomic mass is 9.98. The van der Waals surface area contributed by atoms with Gasteiger partial charge in [-0.15, -0.1) is 0 Å². The van der Waals surface area contributed by atoms with Crippen LogP contribution in [0.5, 0.6) is 5.75 Å². The van der Waals surface area contributed by atoms with Crippen LogP contribution < -0.4 is 4.74 Å². The summed E-state index contributed by atoms with van der Waals surface area (Å²) in [5, 5.41) is 8.97. The third kappa shape index (κ3) is 2.20. The minimum absolute atomic E-state index is 0.226. The molecule has 0 atom stereocenters. The molecule has 92 valence electrons. The van der Waals surface area contributed by atoms with Crippen molar-refractivity contribution in [2.45, 2.75) is 6.92 Å². The molecule has 0 unspecified atom stereocenters. The summed E-state index contributed by atoms with van der Waals surface area (Å²) in [6.07, 6.45) is 0. The maximum Gasteiger partial charge on any atom is 0.335 e. The van der Waals surface area contributed by atoms with E-state index < -0.39 is 5.97 Å². The van der Waals surface area contributed by atoms with E-state index in [-0.39, 0.29) is 5.56 Å². The highest BCUT2D eigenvalue weighted by atomic mass is 16.5. The average molecular weight is 242 g/mol. The van der Waals surface area contributed by atoms with Crippen molar-refractivity contribution in [3.8, 4) is 16.9 Å². The first kappa shape index (κ1) is 12.2. The number of carboxylic acid groups (broad SMARTS) is 1. The summed E-state index contributed by atoms with van der Waals surface area (Å²) < 4.78 is 5.28. The van der Waals surface area contributed by atoms with Gasteiger partial charge in [-0.1, -0.05) is 24.3 Å². The molecule has 0 saturated heterocycles. The Kier molecular flexibility index (Phi) is 3.33. The number of hydrogen-bond donors (Lipinski definition) is 1. The van der Waals surface area contributed by atoms with E-state index in [0.717, 1.165) is 16.7 Å². The van der Waals surface area contributed by atoms with Crippen molar-refractivity contribution in [1.29, 1.82) is 0 Å². The van der Waals surface area contributed by atoms with Crippen LogP contribution in [0.1, 0.15) is 15.9 Å². The van der Waals surface area contributed by atoms with Crippen LogP contribution in [0, 0.1) is 6.92 Å². The van der Waals surface area contributed by atoms with Gasteiger partial charge < -0.3 is 9.84 Å². The molecule has 0 fully saturated rings. The normalized spacial score (nSPS) is 10.1. The Bertz CT molecular complexity index is 588. The first-order valence-corrected chi connectivity index (χ1v) is 5.61. The van der Waals surface area contributed by atoms with Gasteiger partial charge in [-0.2, -0.15) is 0 Å². The second-order valence-corrected chi connectivity index (χ2v) is 4.04. The third-order valence-electron chi connectivity index (χ3n) is 2.88. The fraction of sp³-hybridized carbons (Fsp3) is 0.133. The summed E-state index contributed by atoms with van der Waals surface area (Å²) in [6, 6.07) is 12.8. The Morgan fingerprint density at radius 1 is 1.11 bits per heavy atom. The fourth-order valence-corrected chi connectivity index (χ4v) is 1.92. The molecule has 18 heavy (non-hydrogen) atoms. The van der Waals surface area contributed by atoms with Gasteiger partial charge in [0.1, 0.15) is 5.75 Å². The molecule has 2 aromatic carbocycles. The molecule has 0 heterocycles. The number of rotatable bonds is 3. The molecule has 0 amide bonds. The number of aromatic carboxylic acids is 1. The average Bonchev–Trinajstić information content (AvgIpc) is 2.38. The molecule has 3 nitrogen and oxygen atoms in total. The van der Waals surface area contributed by atoms with Crippen LogP contribution in [0.4, 0.5) is 0 Å². The molecule has 0 aliphatic heterocycles.